The van der Waals surface area contributed by atoms with E-state index in [0.29, 0.717) is 11.4 Å². The predicted octanol–water partition coefficient (Wildman–Crippen LogP) is 5.00. The molecule has 6 heteroatoms. The van der Waals surface area contributed by atoms with Crippen molar-refractivity contribution in [1.29, 1.82) is 5.41 Å². The van der Waals surface area contributed by atoms with Crippen LogP contribution in [0.1, 0.15) is 38.8 Å². The number of benzene rings is 3. The van der Waals surface area contributed by atoms with Crippen LogP contribution in [-0.4, -0.2) is 29.7 Å². The summed E-state index contributed by atoms with van der Waals surface area (Å²) in [6, 6.07) is 20.2. The van der Waals surface area contributed by atoms with E-state index in [4.69, 9.17) is 14.7 Å². The van der Waals surface area contributed by atoms with Crippen molar-refractivity contribution in [1.82, 2.24) is 0 Å². The molecule has 1 saturated heterocycles. The first kappa shape index (κ1) is 20.7. The number of anilines is 1. The van der Waals surface area contributed by atoms with Crippen molar-refractivity contribution in [3.05, 3.63) is 77.9 Å². The minimum absolute atomic E-state index is 0.370. The van der Waals surface area contributed by atoms with Crippen LogP contribution in [0.15, 0.2) is 71.8 Å². The van der Waals surface area contributed by atoms with Gasteiger partial charge in [-0.3, -0.25) is 10.8 Å². The predicted molar refractivity (Wildman–Crippen MR) is 133 cm³/mol. The van der Waals surface area contributed by atoms with Gasteiger partial charge in [-0.1, -0.05) is 54.6 Å². The van der Waals surface area contributed by atoms with Crippen LogP contribution in [-0.2, 0) is 9.31 Å². The van der Waals surface area contributed by atoms with Crippen LogP contribution in [0.4, 0.5) is 5.69 Å². The van der Waals surface area contributed by atoms with E-state index in [9.17, 15) is 0 Å². The van der Waals surface area contributed by atoms with Gasteiger partial charge < -0.3 is 9.31 Å². The Balaban J connectivity index is 1.61. The topological polar surface area (TPSA) is 66.7 Å². The van der Waals surface area contributed by atoms with Gasteiger partial charge in [-0.25, -0.2) is 0 Å². The van der Waals surface area contributed by atoms with Crippen LogP contribution < -0.4 is 10.9 Å². The molecule has 1 heterocycles. The smallest absolute Gasteiger partial charge is 0.399 e. The molecule has 1 fully saturated rings. The van der Waals surface area contributed by atoms with E-state index in [1.54, 1.807) is 6.08 Å². The molecule has 0 atom stereocenters. The summed E-state index contributed by atoms with van der Waals surface area (Å²) in [6.07, 6.45) is 3.76. The van der Waals surface area contributed by atoms with E-state index in [0.717, 1.165) is 33.0 Å². The number of hydrogen-bond donors (Lipinski definition) is 2. The Morgan fingerprint density at radius 2 is 1.56 bits per heavy atom. The molecule has 0 bridgehead atoms. The average molecular weight is 423 g/mol. The minimum Gasteiger partial charge on any atom is -0.399 e. The molecule has 0 aromatic heterocycles. The number of allylic oxidation sites excluding steroid dienone is 1. The summed E-state index contributed by atoms with van der Waals surface area (Å²) in [5, 5.41) is 15.3. The van der Waals surface area contributed by atoms with E-state index < -0.39 is 18.3 Å². The van der Waals surface area contributed by atoms with Gasteiger partial charge >= 0.3 is 7.12 Å². The molecule has 2 aliphatic rings. The van der Waals surface area contributed by atoms with Crippen molar-refractivity contribution in [2.45, 2.75) is 38.9 Å². The molecule has 0 amide bonds. The van der Waals surface area contributed by atoms with Crippen LogP contribution in [0.25, 0.3) is 16.8 Å². The Morgan fingerprint density at radius 3 is 2.28 bits per heavy atom. The second-order valence-electron chi connectivity index (χ2n) is 9.28. The van der Waals surface area contributed by atoms with Crippen molar-refractivity contribution in [3.63, 3.8) is 0 Å². The zero-order chi connectivity index (χ0) is 22.5. The summed E-state index contributed by atoms with van der Waals surface area (Å²) in [5.74, 6) is 0. The van der Waals surface area contributed by atoms with Crippen molar-refractivity contribution < 1.29 is 9.31 Å². The number of rotatable bonds is 3. The maximum absolute atomic E-state index is 8.54. The summed E-state index contributed by atoms with van der Waals surface area (Å²) in [7, 11) is -0.443. The summed E-state index contributed by atoms with van der Waals surface area (Å²) in [5.41, 5.74) is 7.10. The first-order valence-corrected chi connectivity index (χ1v) is 10.8. The fraction of sp³-hybridized carbons (Fsp3) is 0.231. The highest BCUT2D eigenvalue weighted by atomic mass is 16.7. The van der Waals surface area contributed by atoms with Gasteiger partial charge in [0, 0.05) is 5.56 Å². The average Bonchev–Trinajstić information content (AvgIpc) is 3.00. The lowest BCUT2D eigenvalue weighted by molar-refractivity contribution is 0.00578. The van der Waals surface area contributed by atoms with Crippen molar-refractivity contribution in [2.75, 3.05) is 5.43 Å². The van der Waals surface area contributed by atoms with Gasteiger partial charge in [0.15, 0.2) is 0 Å². The third-order valence-electron chi connectivity index (χ3n) is 6.60. The second kappa shape index (κ2) is 7.43. The Morgan fingerprint density at radius 1 is 0.875 bits per heavy atom. The molecule has 0 radical (unpaired) electrons. The quantitative estimate of drug-likeness (QED) is 0.460. The highest BCUT2D eigenvalue weighted by Crippen LogP contribution is 2.37. The van der Waals surface area contributed by atoms with Crippen LogP contribution in [0.2, 0.25) is 0 Å². The number of hydrazone groups is 1. The van der Waals surface area contributed by atoms with Gasteiger partial charge in [-0.05, 0) is 67.7 Å². The molecule has 5 nitrogen and oxygen atoms in total. The number of fused-ring (bicyclic) bond motifs is 3. The zero-order valence-corrected chi connectivity index (χ0v) is 18.8. The normalized spacial score (nSPS) is 20.1. The second-order valence-corrected chi connectivity index (χ2v) is 9.28. The lowest BCUT2D eigenvalue weighted by Gasteiger charge is -2.32. The maximum Gasteiger partial charge on any atom is 0.494 e. The fourth-order valence-corrected chi connectivity index (χ4v) is 4.02. The van der Waals surface area contributed by atoms with E-state index in [-0.39, 0.29) is 0 Å². The van der Waals surface area contributed by atoms with E-state index in [2.05, 4.69) is 68.6 Å². The lowest BCUT2D eigenvalue weighted by Crippen LogP contribution is -2.41. The number of para-hydroxylation sites is 1. The Kier molecular flexibility index (Phi) is 4.80. The Labute approximate surface area is 188 Å². The molecule has 1 aliphatic heterocycles. The van der Waals surface area contributed by atoms with E-state index in [1.165, 1.54) is 0 Å². The van der Waals surface area contributed by atoms with Crippen LogP contribution in [0.3, 0.4) is 0 Å². The SMILES string of the molecule is CC1(C)OB(c2ccc3ccc4c(c3c2)/C(=N/Nc2ccccc2)C(=N)C=C4)OC1(C)C. The Bertz CT molecular complexity index is 1260. The standard InChI is InChI=1S/C26H26BN3O2/c1-25(2)26(3,4)32-27(31-25)19-14-12-17-10-11-18-13-15-22(28)24(23(18)21(17)16-19)30-29-20-8-6-5-7-9-20/h5-16,28-29H,1-4H3/b28-22?,30-24+. The molecule has 3 aromatic carbocycles. The number of nitrogens with zero attached hydrogens (tertiary/aromatic N) is 1. The van der Waals surface area contributed by atoms with Gasteiger partial charge in [0.05, 0.1) is 22.6 Å². The first-order chi connectivity index (χ1) is 15.2. The summed E-state index contributed by atoms with van der Waals surface area (Å²) >= 11 is 0. The third-order valence-corrected chi connectivity index (χ3v) is 6.60. The van der Waals surface area contributed by atoms with E-state index >= 15 is 0 Å². The van der Waals surface area contributed by atoms with Gasteiger partial charge in [-0.15, -0.1) is 0 Å². The minimum atomic E-state index is -0.443. The monoisotopic (exact) mass is 423 g/mol. The van der Waals surface area contributed by atoms with Crippen LogP contribution in [0.5, 0.6) is 0 Å². The first-order valence-electron chi connectivity index (χ1n) is 10.8. The van der Waals surface area contributed by atoms with E-state index in [1.807, 2.05) is 36.4 Å². The van der Waals surface area contributed by atoms with Crippen molar-refractivity contribution in [2.24, 2.45) is 5.10 Å². The van der Waals surface area contributed by atoms with Crippen LogP contribution >= 0.6 is 0 Å². The summed E-state index contributed by atoms with van der Waals surface area (Å²) < 4.78 is 12.6. The fourth-order valence-electron chi connectivity index (χ4n) is 4.02. The largest absolute Gasteiger partial charge is 0.494 e. The molecule has 0 spiro atoms. The van der Waals surface area contributed by atoms with Gasteiger partial charge in [0.1, 0.15) is 5.71 Å². The molecule has 1 aliphatic carbocycles. The highest BCUT2D eigenvalue weighted by Gasteiger charge is 2.51. The van der Waals surface area contributed by atoms with Gasteiger partial charge in [0.25, 0.3) is 0 Å². The third kappa shape index (κ3) is 3.46. The van der Waals surface area contributed by atoms with Gasteiger partial charge in [0.2, 0.25) is 0 Å². The molecule has 3 aromatic rings. The lowest BCUT2D eigenvalue weighted by atomic mass is 9.77. The molecule has 0 unspecified atom stereocenters. The maximum atomic E-state index is 8.54. The van der Waals surface area contributed by atoms with Crippen LogP contribution in [0, 0.1) is 5.41 Å². The molecule has 32 heavy (non-hydrogen) atoms. The number of nitrogens with one attached hydrogen (secondary N) is 2. The molecule has 2 N–H and O–H groups in total. The van der Waals surface area contributed by atoms with Crippen molar-refractivity contribution >= 4 is 46.5 Å². The number of hydrogen-bond acceptors (Lipinski definition) is 5. The molecule has 0 saturated carbocycles. The molecular weight excluding hydrogens is 397 g/mol. The summed E-state index contributed by atoms with van der Waals surface area (Å²) in [4.78, 5) is 0. The molecule has 5 rings (SSSR count). The molecule has 160 valence electrons. The summed E-state index contributed by atoms with van der Waals surface area (Å²) in [6.45, 7) is 8.23. The van der Waals surface area contributed by atoms with Crippen molar-refractivity contribution in [3.8, 4) is 0 Å². The zero-order valence-electron chi connectivity index (χ0n) is 18.8. The van der Waals surface area contributed by atoms with Gasteiger partial charge in [-0.2, -0.15) is 5.10 Å². The molecular formula is C26H26BN3O2. The highest BCUT2D eigenvalue weighted by molar-refractivity contribution is 6.62. The Hall–Kier alpha value is -3.22.